The molecule has 0 saturated carbocycles. The average Bonchev–Trinajstić information content (AvgIpc) is 2.34. The third kappa shape index (κ3) is 5.53. The number of pyridine rings is 1. The van der Waals surface area contributed by atoms with Gasteiger partial charge >= 0.3 is 29.6 Å². The zero-order valence-electron chi connectivity index (χ0n) is 12.8. The van der Waals surface area contributed by atoms with Crippen LogP contribution in [0.1, 0.15) is 20.8 Å². The van der Waals surface area contributed by atoms with Gasteiger partial charge in [-0.15, -0.1) is 0 Å². The molecule has 0 amide bonds. The number of anilines is 1. The first-order valence-electron chi connectivity index (χ1n) is 6.35. The number of ether oxygens (including phenoxy) is 1. The number of hydrogen-bond acceptors (Lipinski definition) is 5. The molecule has 0 bridgehead atoms. The van der Waals surface area contributed by atoms with E-state index in [9.17, 15) is 9.90 Å². The molecule has 106 valence electrons. The van der Waals surface area contributed by atoms with E-state index >= 15 is 0 Å². The fourth-order valence-corrected chi connectivity index (χ4v) is 1.79. The Balaban J connectivity index is 0.00000220. The van der Waals surface area contributed by atoms with Gasteiger partial charge in [-0.1, -0.05) is 0 Å². The molecule has 0 atom stereocenters. The summed E-state index contributed by atoms with van der Waals surface area (Å²) in [6, 6.07) is 9.05. The average molecular weight is 296 g/mol. The van der Waals surface area contributed by atoms with Crippen molar-refractivity contribution in [3.8, 4) is 5.75 Å². The molecule has 0 aliphatic heterocycles. The van der Waals surface area contributed by atoms with Gasteiger partial charge in [0.2, 0.25) is 0 Å². The maximum Gasteiger partial charge on any atom is 1.00 e. The minimum absolute atomic E-state index is 0. The summed E-state index contributed by atoms with van der Waals surface area (Å²) >= 11 is 0. The molecule has 1 heterocycles. The van der Waals surface area contributed by atoms with E-state index in [-0.39, 0.29) is 35.1 Å². The van der Waals surface area contributed by atoms with Crippen LogP contribution in [0.15, 0.2) is 30.3 Å². The maximum atomic E-state index is 10.4. The van der Waals surface area contributed by atoms with Crippen LogP contribution in [0.5, 0.6) is 5.75 Å². The number of aromatic nitrogens is 1. The van der Waals surface area contributed by atoms with E-state index in [1.165, 1.54) is 0 Å². The number of carboxylic acid groups (broad SMARTS) is 1. The van der Waals surface area contributed by atoms with E-state index in [1.807, 2.05) is 12.1 Å². The van der Waals surface area contributed by atoms with Crippen molar-refractivity contribution in [2.24, 2.45) is 0 Å². The Bertz CT molecular complexity index is 638. The molecule has 2 aromatic rings. The Morgan fingerprint density at radius 1 is 1.29 bits per heavy atom. The molecule has 1 N–H and O–H groups in total. The molecule has 0 aliphatic carbocycles. The van der Waals surface area contributed by atoms with Crippen LogP contribution in [0, 0.1) is 0 Å². The minimum Gasteiger partial charge on any atom is -0.546 e. The van der Waals surface area contributed by atoms with E-state index < -0.39 is 12.6 Å². The minimum atomic E-state index is -1.24. The van der Waals surface area contributed by atoms with E-state index in [2.05, 4.69) is 31.1 Å². The van der Waals surface area contributed by atoms with Crippen molar-refractivity contribution in [3.63, 3.8) is 0 Å². The molecule has 0 saturated heterocycles. The summed E-state index contributed by atoms with van der Waals surface area (Å²) in [5.74, 6) is 0.0429. The van der Waals surface area contributed by atoms with Gasteiger partial charge in [0.05, 0.1) is 11.5 Å². The van der Waals surface area contributed by atoms with Gasteiger partial charge in [-0.3, -0.25) is 0 Å². The molecular formula is C15H17N2NaO3. The summed E-state index contributed by atoms with van der Waals surface area (Å²) in [5, 5.41) is 14.5. The zero-order valence-corrected chi connectivity index (χ0v) is 14.8. The summed E-state index contributed by atoms with van der Waals surface area (Å²) in [7, 11) is 0. The number of aliphatic carboxylic acids is 1. The fraction of sp³-hybridized carbons (Fsp3) is 0.333. The standard InChI is InChI=1S/C15H18N2O3.Na/c1-15(2,3)17-13-7-4-10-8-11(20-9-14(18)19)5-6-12(10)16-13;/h4-8H,9H2,1-3H3,(H,16,17)(H,18,19);/q;+1/p-1. The Morgan fingerprint density at radius 3 is 2.62 bits per heavy atom. The number of rotatable bonds is 4. The van der Waals surface area contributed by atoms with Gasteiger partial charge in [0.15, 0.2) is 0 Å². The predicted molar refractivity (Wildman–Crippen MR) is 75.6 cm³/mol. The van der Waals surface area contributed by atoms with Gasteiger partial charge in [-0.05, 0) is 51.1 Å². The number of carboxylic acids is 1. The molecule has 6 heteroatoms. The molecule has 0 aliphatic rings. The molecule has 21 heavy (non-hydrogen) atoms. The number of nitrogens with one attached hydrogen (secondary N) is 1. The summed E-state index contributed by atoms with van der Waals surface area (Å²) < 4.78 is 5.08. The predicted octanol–water partition coefficient (Wildman–Crippen LogP) is -1.42. The molecule has 0 radical (unpaired) electrons. The molecule has 5 nitrogen and oxygen atoms in total. The van der Waals surface area contributed by atoms with Gasteiger partial charge in [-0.25, -0.2) is 4.98 Å². The van der Waals surface area contributed by atoms with Crippen LogP contribution in [-0.2, 0) is 4.79 Å². The SMILES string of the molecule is CC(C)(C)Nc1ccc2cc(OCC(=O)[O-])ccc2n1.[Na+]. The van der Waals surface area contributed by atoms with Crippen molar-refractivity contribution in [1.82, 2.24) is 4.98 Å². The Morgan fingerprint density at radius 2 is 2.00 bits per heavy atom. The Kier molecular flexibility index (Phi) is 6.01. The van der Waals surface area contributed by atoms with E-state index in [0.29, 0.717) is 5.75 Å². The van der Waals surface area contributed by atoms with Crippen LogP contribution < -0.4 is 44.7 Å². The third-order valence-corrected chi connectivity index (χ3v) is 2.52. The number of nitrogens with zero attached hydrogens (tertiary/aromatic N) is 1. The fourth-order valence-electron chi connectivity index (χ4n) is 1.79. The molecule has 1 aromatic heterocycles. The van der Waals surface area contributed by atoms with Crippen molar-refractivity contribution in [2.75, 3.05) is 11.9 Å². The number of hydrogen-bond donors (Lipinski definition) is 1. The molecular weight excluding hydrogens is 279 g/mol. The number of benzene rings is 1. The van der Waals surface area contributed by atoms with Crippen molar-refractivity contribution in [3.05, 3.63) is 30.3 Å². The first kappa shape index (κ1) is 17.8. The number of fused-ring (bicyclic) bond motifs is 1. The Hall–Kier alpha value is -1.30. The maximum absolute atomic E-state index is 10.4. The van der Waals surface area contributed by atoms with Gasteiger partial charge in [-0.2, -0.15) is 0 Å². The second-order valence-corrected chi connectivity index (χ2v) is 5.59. The molecule has 0 spiro atoms. The Labute approximate surface area is 146 Å². The summed E-state index contributed by atoms with van der Waals surface area (Å²) in [6.07, 6.45) is 0. The van der Waals surface area contributed by atoms with Crippen LogP contribution in [0.25, 0.3) is 10.9 Å². The van der Waals surface area contributed by atoms with Crippen molar-refractivity contribution < 1.29 is 44.2 Å². The van der Waals surface area contributed by atoms with Crippen molar-refractivity contribution in [2.45, 2.75) is 26.3 Å². The van der Waals surface area contributed by atoms with Crippen molar-refractivity contribution in [1.29, 1.82) is 0 Å². The second-order valence-electron chi connectivity index (χ2n) is 5.59. The summed E-state index contributed by atoms with van der Waals surface area (Å²) in [6.45, 7) is 5.74. The van der Waals surface area contributed by atoms with E-state index in [0.717, 1.165) is 16.7 Å². The molecule has 0 fully saturated rings. The third-order valence-electron chi connectivity index (χ3n) is 2.52. The molecule has 1 aromatic carbocycles. The van der Waals surface area contributed by atoms with E-state index in [4.69, 9.17) is 4.74 Å². The molecule has 2 rings (SSSR count). The van der Waals surface area contributed by atoms with Gasteiger partial charge in [0.25, 0.3) is 0 Å². The van der Waals surface area contributed by atoms with E-state index in [1.54, 1.807) is 18.2 Å². The number of carbonyl (C=O) groups is 1. The van der Waals surface area contributed by atoms with Crippen LogP contribution in [-0.4, -0.2) is 23.1 Å². The molecule has 0 unspecified atom stereocenters. The summed E-state index contributed by atoms with van der Waals surface area (Å²) in [5.41, 5.74) is 0.762. The van der Waals surface area contributed by atoms with Gasteiger partial charge in [0, 0.05) is 10.9 Å². The zero-order chi connectivity index (χ0) is 14.8. The topological polar surface area (TPSA) is 74.3 Å². The normalized spacial score (nSPS) is 10.8. The smallest absolute Gasteiger partial charge is 0.546 e. The van der Waals surface area contributed by atoms with Crippen LogP contribution in [0.2, 0.25) is 0 Å². The monoisotopic (exact) mass is 296 g/mol. The van der Waals surface area contributed by atoms with Gasteiger partial charge in [0.1, 0.15) is 18.2 Å². The second kappa shape index (κ2) is 7.11. The van der Waals surface area contributed by atoms with Crippen LogP contribution in [0.3, 0.4) is 0 Å². The van der Waals surface area contributed by atoms with Crippen molar-refractivity contribution >= 4 is 22.7 Å². The quantitative estimate of drug-likeness (QED) is 0.701. The van der Waals surface area contributed by atoms with Crippen LogP contribution >= 0.6 is 0 Å². The largest absolute Gasteiger partial charge is 1.00 e. The first-order chi connectivity index (χ1) is 9.33. The number of carbonyl (C=O) groups excluding carboxylic acids is 1. The van der Waals surface area contributed by atoms with Gasteiger partial charge < -0.3 is 20.0 Å². The summed E-state index contributed by atoms with van der Waals surface area (Å²) in [4.78, 5) is 14.9. The first-order valence-corrected chi connectivity index (χ1v) is 6.35. The van der Waals surface area contributed by atoms with Crippen LogP contribution in [0.4, 0.5) is 5.82 Å².